The van der Waals surface area contributed by atoms with E-state index in [0.717, 1.165) is 19.6 Å². The molecular weight excluding hydrogens is 340 g/mol. The van der Waals surface area contributed by atoms with Gasteiger partial charge >= 0.3 is 0 Å². The molecule has 0 saturated heterocycles. The Morgan fingerprint density at radius 3 is 2.44 bits per heavy atom. The van der Waals surface area contributed by atoms with Crippen molar-refractivity contribution < 1.29 is 17.6 Å². The number of amides is 1. The van der Waals surface area contributed by atoms with Crippen LogP contribution in [0.2, 0.25) is 0 Å². The van der Waals surface area contributed by atoms with Crippen LogP contribution in [0.25, 0.3) is 0 Å². The Morgan fingerprint density at radius 1 is 1.12 bits per heavy atom. The molecule has 1 N–H and O–H groups in total. The molecule has 0 fully saturated rings. The Bertz CT molecular complexity index is 780. The lowest BCUT2D eigenvalue weighted by atomic mass is 10.2. The lowest BCUT2D eigenvalue weighted by Crippen LogP contribution is -2.35. The summed E-state index contributed by atoms with van der Waals surface area (Å²) in [7, 11) is -3.53. The van der Waals surface area contributed by atoms with Gasteiger partial charge in [0.15, 0.2) is 15.6 Å². The first-order chi connectivity index (χ1) is 12.0. The summed E-state index contributed by atoms with van der Waals surface area (Å²) in [6.07, 6.45) is 1.34. The number of furan rings is 1. The molecule has 0 aliphatic carbocycles. The number of carbonyl (C=O) groups excluding carboxylic acids is 1. The summed E-state index contributed by atoms with van der Waals surface area (Å²) >= 11 is 0. The fraction of sp³-hybridized carbons (Fsp3) is 0.389. The van der Waals surface area contributed by atoms with E-state index in [1.54, 1.807) is 30.3 Å². The van der Waals surface area contributed by atoms with Crippen molar-refractivity contribution in [2.24, 2.45) is 0 Å². The molecule has 0 atom stereocenters. The number of sulfone groups is 1. The van der Waals surface area contributed by atoms with Crippen molar-refractivity contribution in [1.82, 2.24) is 10.2 Å². The van der Waals surface area contributed by atoms with E-state index in [0.29, 0.717) is 12.1 Å². The Balaban J connectivity index is 2.03. The zero-order valence-corrected chi connectivity index (χ0v) is 15.4. The summed E-state index contributed by atoms with van der Waals surface area (Å²) in [5.74, 6) is -0.610. The number of likely N-dealkylation sites (N-methyl/N-ethyl adjacent to an activating group) is 1. The summed E-state index contributed by atoms with van der Waals surface area (Å²) in [4.78, 5) is 14.7. The van der Waals surface area contributed by atoms with Crippen LogP contribution in [-0.2, 0) is 15.6 Å². The summed E-state index contributed by atoms with van der Waals surface area (Å²) in [6.45, 7) is 7.15. The van der Waals surface area contributed by atoms with Gasteiger partial charge in [-0.25, -0.2) is 8.42 Å². The molecule has 0 radical (unpaired) electrons. The molecule has 6 nitrogen and oxygen atoms in total. The van der Waals surface area contributed by atoms with Crippen molar-refractivity contribution >= 4 is 15.7 Å². The van der Waals surface area contributed by atoms with Crippen molar-refractivity contribution in [1.29, 1.82) is 0 Å². The van der Waals surface area contributed by atoms with Crippen molar-refractivity contribution in [3.63, 3.8) is 0 Å². The number of nitrogens with zero attached hydrogens (tertiary/aromatic N) is 1. The van der Waals surface area contributed by atoms with Crippen LogP contribution < -0.4 is 5.32 Å². The van der Waals surface area contributed by atoms with Crippen molar-refractivity contribution in [2.45, 2.75) is 24.5 Å². The highest BCUT2D eigenvalue weighted by molar-refractivity contribution is 7.90. The second-order valence-electron chi connectivity index (χ2n) is 5.63. The van der Waals surface area contributed by atoms with Gasteiger partial charge < -0.3 is 14.6 Å². The van der Waals surface area contributed by atoms with Gasteiger partial charge in [0.1, 0.15) is 0 Å². The predicted octanol–water partition coefficient (Wildman–Crippen LogP) is 2.33. The molecule has 0 aliphatic heterocycles. The number of rotatable bonds is 9. The van der Waals surface area contributed by atoms with Crippen LogP contribution in [0.3, 0.4) is 0 Å². The number of nitrogens with one attached hydrogen (secondary N) is 1. The van der Waals surface area contributed by atoms with Crippen LogP contribution in [0.15, 0.2) is 52.0 Å². The van der Waals surface area contributed by atoms with Crippen molar-refractivity contribution in [3.05, 3.63) is 54.0 Å². The highest BCUT2D eigenvalue weighted by Gasteiger charge is 2.22. The SMILES string of the molecule is CCN(CC)CCNC(=O)c1occc1CS(=O)(=O)c1ccccc1. The van der Waals surface area contributed by atoms with Crippen LogP contribution in [0.5, 0.6) is 0 Å². The molecule has 2 rings (SSSR count). The van der Waals surface area contributed by atoms with Crippen LogP contribution >= 0.6 is 0 Å². The van der Waals surface area contributed by atoms with E-state index in [9.17, 15) is 13.2 Å². The number of hydrogen-bond acceptors (Lipinski definition) is 5. The van der Waals surface area contributed by atoms with Crippen LogP contribution in [-0.4, -0.2) is 45.4 Å². The standard InChI is InChI=1S/C18H24N2O4S/c1-3-20(4-2)12-11-19-18(21)17-15(10-13-24-17)14-25(22,23)16-8-6-5-7-9-16/h5-10,13H,3-4,11-12,14H2,1-2H3,(H,19,21). The van der Waals surface area contributed by atoms with E-state index in [1.165, 1.54) is 12.3 Å². The first-order valence-corrected chi connectivity index (χ1v) is 9.98. The van der Waals surface area contributed by atoms with Crippen LogP contribution in [0.1, 0.15) is 30.0 Å². The highest BCUT2D eigenvalue weighted by Crippen LogP contribution is 2.19. The molecular formula is C18H24N2O4S. The number of benzene rings is 1. The third-order valence-electron chi connectivity index (χ3n) is 4.01. The minimum atomic E-state index is -3.53. The maximum Gasteiger partial charge on any atom is 0.287 e. The van der Waals surface area contributed by atoms with Gasteiger partial charge in [-0.05, 0) is 31.3 Å². The Hall–Kier alpha value is -2.12. The van der Waals surface area contributed by atoms with Gasteiger partial charge in [0.25, 0.3) is 5.91 Å². The van der Waals surface area contributed by atoms with E-state index in [4.69, 9.17) is 4.42 Å². The zero-order valence-electron chi connectivity index (χ0n) is 14.6. The molecule has 7 heteroatoms. The maximum atomic E-state index is 12.5. The second-order valence-corrected chi connectivity index (χ2v) is 7.62. The fourth-order valence-electron chi connectivity index (χ4n) is 2.51. The largest absolute Gasteiger partial charge is 0.459 e. The Kier molecular flexibility index (Phi) is 6.78. The van der Waals surface area contributed by atoms with E-state index in [-0.39, 0.29) is 16.4 Å². The monoisotopic (exact) mass is 364 g/mol. The van der Waals surface area contributed by atoms with Gasteiger partial charge in [0.2, 0.25) is 0 Å². The summed E-state index contributed by atoms with van der Waals surface area (Å²) in [6, 6.07) is 9.70. The van der Waals surface area contributed by atoms with E-state index < -0.39 is 15.7 Å². The molecule has 0 unspecified atom stereocenters. The molecule has 0 spiro atoms. The average molecular weight is 364 g/mol. The molecule has 136 valence electrons. The molecule has 0 aliphatic rings. The fourth-order valence-corrected chi connectivity index (χ4v) is 3.89. The van der Waals surface area contributed by atoms with Crippen molar-refractivity contribution in [2.75, 3.05) is 26.2 Å². The zero-order chi connectivity index (χ0) is 18.3. The van der Waals surface area contributed by atoms with Gasteiger partial charge in [-0.2, -0.15) is 0 Å². The molecule has 2 aromatic rings. The Morgan fingerprint density at radius 2 is 1.80 bits per heavy atom. The summed E-state index contributed by atoms with van der Waals surface area (Å²) < 4.78 is 30.2. The molecule has 1 aromatic carbocycles. The number of hydrogen-bond donors (Lipinski definition) is 1. The third kappa shape index (κ3) is 5.17. The topological polar surface area (TPSA) is 79.6 Å². The van der Waals surface area contributed by atoms with Crippen molar-refractivity contribution in [3.8, 4) is 0 Å². The van der Waals surface area contributed by atoms with E-state index in [1.807, 2.05) is 0 Å². The predicted molar refractivity (Wildman–Crippen MR) is 96.2 cm³/mol. The molecule has 1 heterocycles. The average Bonchev–Trinajstić information content (AvgIpc) is 3.07. The second kappa shape index (κ2) is 8.82. The first kappa shape index (κ1) is 19.2. The normalized spacial score (nSPS) is 11.6. The molecule has 25 heavy (non-hydrogen) atoms. The minimum Gasteiger partial charge on any atom is -0.459 e. The smallest absolute Gasteiger partial charge is 0.287 e. The van der Waals surface area contributed by atoms with Gasteiger partial charge in [-0.3, -0.25) is 4.79 Å². The molecule has 1 aromatic heterocycles. The maximum absolute atomic E-state index is 12.5. The minimum absolute atomic E-state index is 0.0547. The van der Waals surface area contributed by atoms with E-state index in [2.05, 4.69) is 24.1 Å². The Labute approximate surface area is 148 Å². The summed E-state index contributed by atoms with van der Waals surface area (Å²) in [5.41, 5.74) is 0.365. The quantitative estimate of drug-likeness (QED) is 0.739. The van der Waals surface area contributed by atoms with Gasteiger partial charge in [0.05, 0.1) is 16.9 Å². The van der Waals surface area contributed by atoms with Gasteiger partial charge in [0, 0.05) is 18.7 Å². The summed E-state index contributed by atoms with van der Waals surface area (Å²) in [5, 5.41) is 2.78. The highest BCUT2D eigenvalue weighted by atomic mass is 32.2. The lowest BCUT2D eigenvalue weighted by molar-refractivity contribution is 0.0920. The van der Waals surface area contributed by atoms with Gasteiger partial charge in [-0.1, -0.05) is 32.0 Å². The first-order valence-electron chi connectivity index (χ1n) is 8.32. The van der Waals surface area contributed by atoms with Crippen LogP contribution in [0.4, 0.5) is 0 Å². The van der Waals surface area contributed by atoms with E-state index >= 15 is 0 Å². The number of carbonyl (C=O) groups is 1. The molecule has 0 saturated carbocycles. The van der Waals surface area contributed by atoms with Crippen LogP contribution in [0, 0.1) is 0 Å². The van der Waals surface area contributed by atoms with Gasteiger partial charge in [-0.15, -0.1) is 0 Å². The molecule has 0 bridgehead atoms. The third-order valence-corrected chi connectivity index (χ3v) is 5.69. The lowest BCUT2D eigenvalue weighted by Gasteiger charge is -2.17. The molecule has 1 amide bonds.